The minimum absolute atomic E-state index is 0.0657. The second-order valence-electron chi connectivity index (χ2n) is 7.98. The first-order chi connectivity index (χ1) is 12.8. The molecule has 0 radical (unpaired) electrons. The quantitative estimate of drug-likeness (QED) is 0.795. The molecule has 1 aliphatic heterocycles. The monoisotopic (exact) mass is 376 g/mol. The van der Waals surface area contributed by atoms with Gasteiger partial charge in [0.05, 0.1) is 12.1 Å². The second kappa shape index (κ2) is 9.62. The van der Waals surface area contributed by atoms with Gasteiger partial charge in [0.15, 0.2) is 0 Å². The molecule has 1 aliphatic rings. The van der Waals surface area contributed by atoms with Crippen LogP contribution in [0, 0.1) is 0 Å². The third kappa shape index (κ3) is 6.77. The molecule has 27 heavy (non-hydrogen) atoms. The van der Waals surface area contributed by atoms with E-state index in [1.54, 1.807) is 4.90 Å². The molecule has 0 spiro atoms. The second-order valence-corrected chi connectivity index (χ2v) is 7.98. The van der Waals surface area contributed by atoms with Gasteiger partial charge in [-0.3, -0.25) is 0 Å². The molecule has 6 heteroatoms. The van der Waals surface area contributed by atoms with Crippen molar-refractivity contribution in [3.05, 3.63) is 35.9 Å². The summed E-state index contributed by atoms with van der Waals surface area (Å²) < 4.78 is 10.9. The van der Waals surface area contributed by atoms with E-state index in [-0.39, 0.29) is 24.8 Å². The lowest BCUT2D eigenvalue weighted by Gasteiger charge is -2.30. The summed E-state index contributed by atoms with van der Waals surface area (Å²) in [7, 11) is 0. The topological polar surface area (TPSA) is 67.9 Å². The van der Waals surface area contributed by atoms with E-state index in [0.717, 1.165) is 24.8 Å². The molecule has 0 bridgehead atoms. The Kier molecular flexibility index (Phi) is 7.51. The fourth-order valence-corrected chi connectivity index (χ4v) is 3.26. The van der Waals surface area contributed by atoms with Gasteiger partial charge >= 0.3 is 12.2 Å². The van der Waals surface area contributed by atoms with E-state index < -0.39 is 11.7 Å². The molecule has 2 unspecified atom stereocenters. The van der Waals surface area contributed by atoms with Gasteiger partial charge in [-0.25, -0.2) is 9.59 Å². The standard InChI is InChI=1S/C21H32N2O4/c1-5-6-12-18-17(13-14-23(18)20(25)27-21(2,3)4)22-19(24)26-15-16-10-8-7-9-11-16/h7-11,17-18H,5-6,12-15H2,1-4H3,(H,22,24). The van der Waals surface area contributed by atoms with Crippen LogP contribution in [0.5, 0.6) is 0 Å². The number of carbonyl (C=O) groups excluding carboxylic acids is 2. The van der Waals surface area contributed by atoms with Gasteiger partial charge in [0.25, 0.3) is 0 Å². The third-order valence-electron chi connectivity index (χ3n) is 4.54. The van der Waals surface area contributed by atoms with Crippen LogP contribution < -0.4 is 5.32 Å². The molecule has 0 saturated carbocycles. The van der Waals surface area contributed by atoms with Crippen molar-refractivity contribution in [1.82, 2.24) is 10.2 Å². The number of hydrogen-bond acceptors (Lipinski definition) is 4. The maximum absolute atomic E-state index is 12.5. The Labute approximate surface area is 162 Å². The highest BCUT2D eigenvalue weighted by Crippen LogP contribution is 2.25. The van der Waals surface area contributed by atoms with Crippen LogP contribution in [0.15, 0.2) is 30.3 Å². The van der Waals surface area contributed by atoms with E-state index in [1.165, 1.54) is 0 Å². The summed E-state index contributed by atoms with van der Waals surface area (Å²) in [6.07, 6.45) is 2.79. The minimum Gasteiger partial charge on any atom is -0.445 e. The Balaban J connectivity index is 1.93. The predicted molar refractivity (Wildman–Crippen MR) is 104 cm³/mol. The van der Waals surface area contributed by atoms with Crippen molar-refractivity contribution < 1.29 is 19.1 Å². The van der Waals surface area contributed by atoms with E-state index in [1.807, 2.05) is 51.1 Å². The first-order valence-electron chi connectivity index (χ1n) is 9.77. The number of hydrogen-bond donors (Lipinski definition) is 1. The van der Waals surface area contributed by atoms with Crippen molar-refractivity contribution in [3.8, 4) is 0 Å². The predicted octanol–water partition coefficient (Wildman–Crippen LogP) is 4.48. The number of amides is 2. The van der Waals surface area contributed by atoms with E-state index in [4.69, 9.17) is 9.47 Å². The molecule has 1 aromatic rings. The summed E-state index contributed by atoms with van der Waals surface area (Å²) in [5, 5.41) is 2.95. The molecule has 0 aromatic heterocycles. The van der Waals surface area contributed by atoms with Crippen molar-refractivity contribution >= 4 is 12.2 Å². The molecule has 1 saturated heterocycles. The summed E-state index contributed by atoms with van der Waals surface area (Å²) in [5.74, 6) is 0. The Bertz CT molecular complexity index is 612. The largest absolute Gasteiger partial charge is 0.445 e. The average molecular weight is 376 g/mol. The van der Waals surface area contributed by atoms with Crippen LogP contribution in [-0.2, 0) is 16.1 Å². The summed E-state index contributed by atoms with van der Waals surface area (Å²) in [5.41, 5.74) is 0.406. The van der Waals surface area contributed by atoms with Gasteiger partial charge in [-0.15, -0.1) is 0 Å². The number of rotatable bonds is 6. The molecule has 0 aliphatic carbocycles. The lowest BCUT2D eigenvalue weighted by molar-refractivity contribution is 0.0205. The fourth-order valence-electron chi connectivity index (χ4n) is 3.26. The van der Waals surface area contributed by atoms with Crippen LogP contribution in [-0.4, -0.2) is 41.3 Å². The lowest BCUT2D eigenvalue weighted by Crippen LogP contribution is -2.48. The molecule has 2 amide bonds. The molecule has 2 rings (SSSR count). The SMILES string of the molecule is CCCCC1C(NC(=O)OCc2ccccc2)CCN1C(=O)OC(C)(C)C. The number of ether oxygens (including phenoxy) is 2. The van der Waals surface area contributed by atoms with Crippen LogP contribution in [0.3, 0.4) is 0 Å². The van der Waals surface area contributed by atoms with Crippen LogP contribution in [0.2, 0.25) is 0 Å². The number of carbonyl (C=O) groups is 2. The highest BCUT2D eigenvalue weighted by atomic mass is 16.6. The van der Waals surface area contributed by atoms with Gasteiger partial charge in [-0.05, 0) is 39.2 Å². The van der Waals surface area contributed by atoms with Gasteiger partial charge in [0, 0.05) is 6.54 Å². The Morgan fingerprint density at radius 3 is 2.56 bits per heavy atom. The molecular formula is C21H32N2O4. The van der Waals surface area contributed by atoms with Gasteiger partial charge in [-0.1, -0.05) is 50.1 Å². The Morgan fingerprint density at radius 2 is 1.93 bits per heavy atom. The first kappa shape index (κ1) is 21.1. The highest BCUT2D eigenvalue weighted by molar-refractivity contribution is 5.71. The van der Waals surface area contributed by atoms with Gasteiger partial charge in [-0.2, -0.15) is 0 Å². The van der Waals surface area contributed by atoms with E-state index >= 15 is 0 Å². The smallest absolute Gasteiger partial charge is 0.410 e. The molecular weight excluding hydrogens is 344 g/mol. The minimum atomic E-state index is -0.535. The van der Waals surface area contributed by atoms with E-state index in [0.29, 0.717) is 13.0 Å². The number of likely N-dealkylation sites (tertiary alicyclic amines) is 1. The maximum atomic E-state index is 12.5. The zero-order valence-corrected chi connectivity index (χ0v) is 16.9. The molecule has 1 N–H and O–H groups in total. The van der Waals surface area contributed by atoms with Crippen molar-refractivity contribution in [2.24, 2.45) is 0 Å². The van der Waals surface area contributed by atoms with Crippen molar-refractivity contribution in [2.75, 3.05) is 6.54 Å². The summed E-state index contributed by atoms with van der Waals surface area (Å²) in [6, 6.07) is 9.39. The normalized spacial score (nSPS) is 19.6. The average Bonchev–Trinajstić information content (AvgIpc) is 3.00. The number of nitrogens with zero attached hydrogens (tertiary/aromatic N) is 1. The summed E-state index contributed by atoms with van der Waals surface area (Å²) >= 11 is 0. The fraction of sp³-hybridized carbons (Fsp3) is 0.619. The van der Waals surface area contributed by atoms with Crippen LogP contribution >= 0.6 is 0 Å². The number of nitrogens with one attached hydrogen (secondary N) is 1. The highest BCUT2D eigenvalue weighted by Gasteiger charge is 2.39. The Morgan fingerprint density at radius 1 is 1.22 bits per heavy atom. The first-order valence-corrected chi connectivity index (χ1v) is 9.77. The lowest BCUT2D eigenvalue weighted by atomic mass is 10.0. The Hall–Kier alpha value is -2.24. The molecule has 6 nitrogen and oxygen atoms in total. The maximum Gasteiger partial charge on any atom is 0.410 e. The number of benzene rings is 1. The third-order valence-corrected chi connectivity index (χ3v) is 4.54. The van der Waals surface area contributed by atoms with Gasteiger partial charge in [0.1, 0.15) is 12.2 Å². The van der Waals surface area contributed by atoms with Crippen LogP contribution in [0.4, 0.5) is 9.59 Å². The van der Waals surface area contributed by atoms with Crippen molar-refractivity contribution in [2.45, 2.75) is 77.7 Å². The number of alkyl carbamates (subject to hydrolysis) is 1. The van der Waals surface area contributed by atoms with Crippen LogP contribution in [0.1, 0.15) is 58.9 Å². The van der Waals surface area contributed by atoms with Gasteiger partial charge < -0.3 is 19.7 Å². The molecule has 1 fully saturated rings. The molecule has 2 atom stereocenters. The van der Waals surface area contributed by atoms with E-state index in [9.17, 15) is 9.59 Å². The van der Waals surface area contributed by atoms with Crippen LogP contribution in [0.25, 0.3) is 0 Å². The molecule has 1 aromatic carbocycles. The zero-order chi connectivity index (χ0) is 19.9. The van der Waals surface area contributed by atoms with E-state index in [2.05, 4.69) is 12.2 Å². The summed E-state index contributed by atoms with van der Waals surface area (Å²) in [4.78, 5) is 26.5. The van der Waals surface area contributed by atoms with Gasteiger partial charge in [0.2, 0.25) is 0 Å². The van der Waals surface area contributed by atoms with Crippen molar-refractivity contribution in [1.29, 1.82) is 0 Å². The van der Waals surface area contributed by atoms with Crippen molar-refractivity contribution in [3.63, 3.8) is 0 Å². The number of unbranched alkanes of at least 4 members (excludes halogenated alkanes) is 1. The molecule has 150 valence electrons. The zero-order valence-electron chi connectivity index (χ0n) is 16.9. The molecule has 1 heterocycles. The summed E-state index contributed by atoms with van der Waals surface area (Å²) in [6.45, 7) is 8.50.